The van der Waals surface area contributed by atoms with Crippen molar-refractivity contribution >= 4 is 17.5 Å². The molecule has 0 radical (unpaired) electrons. The molecule has 0 aromatic carbocycles. The van der Waals surface area contributed by atoms with E-state index in [1.807, 2.05) is 0 Å². The van der Waals surface area contributed by atoms with Gasteiger partial charge in [-0.2, -0.15) is 0 Å². The van der Waals surface area contributed by atoms with E-state index in [1.165, 1.54) is 6.42 Å². The van der Waals surface area contributed by atoms with Gasteiger partial charge in [-0.25, -0.2) is 9.97 Å². The molecule has 1 aromatic rings. The minimum Gasteiger partial charge on any atom is -0.339 e. The van der Waals surface area contributed by atoms with E-state index in [4.69, 9.17) is 11.6 Å². The van der Waals surface area contributed by atoms with Crippen LogP contribution in [0.1, 0.15) is 12.0 Å². The van der Waals surface area contributed by atoms with Crippen LogP contribution < -0.4 is 4.90 Å². The van der Waals surface area contributed by atoms with Crippen molar-refractivity contribution in [2.24, 2.45) is 0 Å². The molecule has 16 heavy (non-hydrogen) atoms. The minimum absolute atomic E-state index is 0.473. The molecule has 1 atom stereocenters. The Labute approximate surface area is 101 Å². The molecule has 2 rings (SSSR count). The van der Waals surface area contributed by atoms with Gasteiger partial charge in [-0.15, -0.1) is 11.6 Å². The number of halogens is 1. The van der Waals surface area contributed by atoms with Crippen LogP contribution >= 0.6 is 11.6 Å². The summed E-state index contributed by atoms with van der Waals surface area (Å²) in [7, 11) is 4.23. The third kappa shape index (κ3) is 2.44. The summed E-state index contributed by atoms with van der Waals surface area (Å²) in [5, 5.41) is 0. The van der Waals surface area contributed by atoms with E-state index >= 15 is 0 Å². The summed E-state index contributed by atoms with van der Waals surface area (Å²) in [4.78, 5) is 13.2. The smallest absolute Gasteiger partial charge is 0.225 e. The Balaban J connectivity index is 2.03. The zero-order valence-electron chi connectivity index (χ0n) is 9.73. The molecule has 0 N–H and O–H groups in total. The first kappa shape index (κ1) is 11.6. The third-order valence-electron chi connectivity index (χ3n) is 3.02. The molecule has 2 heterocycles. The average molecular weight is 241 g/mol. The van der Waals surface area contributed by atoms with E-state index in [0.29, 0.717) is 11.9 Å². The van der Waals surface area contributed by atoms with E-state index in [0.717, 1.165) is 24.6 Å². The van der Waals surface area contributed by atoms with Crippen molar-refractivity contribution in [3.8, 4) is 0 Å². The normalized spacial score (nSPS) is 20.8. The maximum absolute atomic E-state index is 5.70. The standard InChI is InChI=1S/C11H17ClN4/c1-15(2)10-3-4-16(8-10)11-13-6-9(5-12)7-14-11/h6-7,10H,3-5,8H2,1-2H3. The topological polar surface area (TPSA) is 32.3 Å². The lowest BCUT2D eigenvalue weighted by Crippen LogP contribution is -2.32. The number of anilines is 1. The summed E-state index contributed by atoms with van der Waals surface area (Å²) in [5.41, 5.74) is 0.966. The highest BCUT2D eigenvalue weighted by Crippen LogP contribution is 2.18. The lowest BCUT2D eigenvalue weighted by molar-refractivity contribution is 0.315. The molecule has 1 unspecified atom stereocenters. The SMILES string of the molecule is CN(C)C1CCN(c2ncc(CCl)cn2)C1. The Morgan fingerprint density at radius 1 is 1.44 bits per heavy atom. The summed E-state index contributed by atoms with van der Waals surface area (Å²) in [6.45, 7) is 2.04. The largest absolute Gasteiger partial charge is 0.339 e. The van der Waals surface area contributed by atoms with E-state index in [1.54, 1.807) is 12.4 Å². The molecule has 1 fully saturated rings. The predicted octanol–water partition coefficient (Wildman–Crippen LogP) is 1.36. The maximum Gasteiger partial charge on any atom is 0.225 e. The van der Waals surface area contributed by atoms with Gasteiger partial charge in [0.25, 0.3) is 0 Å². The first-order chi connectivity index (χ1) is 7.70. The lowest BCUT2D eigenvalue weighted by atomic mass is 10.2. The van der Waals surface area contributed by atoms with Gasteiger partial charge >= 0.3 is 0 Å². The number of aromatic nitrogens is 2. The van der Waals surface area contributed by atoms with Gasteiger partial charge < -0.3 is 9.80 Å². The summed E-state index contributed by atoms with van der Waals surface area (Å²) in [6.07, 6.45) is 4.78. The quantitative estimate of drug-likeness (QED) is 0.747. The molecule has 4 nitrogen and oxygen atoms in total. The fraction of sp³-hybridized carbons (Fsp3) is 0.636. The van der Waals surface area contributed by atoms with Crippen LogP contribution in [-0.2, 0) is 5.88 Å². The zero-order valence-corrected chi connectivity index (χ0v) is 10.5. The molecule has 0 aliphatic carbocycles. The van der Waals surface area contributed by atoms with Crippen LogP contribution in [0.3, 0.4) is 0 Å². The van der Waals surface area contributed by atoms with Gasteiger partial charge in [-0.3, -0.25) is 0 Å². The second-order valence-corrected chi connectivity index (χ2v) is 4.64. The van der Waals surface area contributed by atoms with E-state index < -0.39 is 0 Å². The zero-order chi connectivity index (χ0) is 11.5. The number of hydrogen-bond acceptors (Lipinski definition) is 4. The first-order valence-corrected chi connectivity index (χ1v) is 6.02. The van der Waals surface area contributed by atoms with Crippen LogP contribution in [0, 0.1) is 0 Å². The second kappa shape index (κ2) is 4.97. The van der Waals surface area contributed by atoms with Crippen molar-refractivity contribution in [2.75, 3.05) is 32.1 Å². The van der Waals surface area contributed by atoms with Gasteiger partial charge in [-0.05, 0) is 20.5 Å². The molecule has 0 spiro atoms. The van der Waals surface area contributed by atoms with Crippen LogP contribution in [0.15, 0.2) is 12.4 Å². The Hall–Kier alpha value is -0.870. The Kier molecular flexibility index (Phi) is 3.61. The van der Waals surface area contributed by atoms with Gasteiger partial charge in [0.05, 0.1) is 5.88 Å². The van der Waals surface area contributed by atoms with Crippen molar-refractivity contribution in [3.05, 3.63) is 18.0 Å². The summed E-state index contributed by atoms with van der Waals surface area (Å²) >= 11 is 5.70. The number of hydrogen-bond donors (Lipinski definition) is 0. The van der Waals surface area contributed by atoms with Crippen molar-refractivity contribution in [1.29, 1.82) is 0 Å². The average Bonchev–Trinajstić information content (AvgIpc) is 2.78. The van der Waals surface area contributed by atoms with Crippen molar-refractivity contribution in [1.82, 2.24) is 14.9 Å². The van der Waals surface area contributed by atoms with Crippen molar-refractivity contribution < 1.29 is 0 Å². The van der Waals surface area contributed by atoms with E-state index in [9.17, 15) is 0 Å². The van der Waals surface area contributed by atoms with Gasteiger partial charge in [0.1, 0.15) is 0 Å². The van der Waals surface area contributed by atoms with Gasteiger partial charge in [0.2, 0.25) is 5.95 Å². The summed E-state index contributed by atoms with van der Waals surface area (Å²) in [5.74, 6) is 1.29. The fourth-order valence-corrected chi connectivity index (χ4v) is 2.06. The van der Waals surface area contributed by atoms with Crippen LogP contribution in [0.25, 0.3) is 0 Å². The van der Waals surface area contributed by atoms with Crippen molar-refractivity contribution in [2.45, 2.75) is 18.3 Å². The van der Waals surface area contributed by atoms with Crippen LogP contribution in [0.5, 0.6) is 0 Å². The van der Waals surface area contributed by atoms with Crippen LogP contribution in [0.2, 0.25) is 0 Å². The number of nitrogens with zero attached hydrogens (tertiary/aromatic N) is 4. The molecule has 88 valence electrons. The summed E-state index contributed by atoms with van der Waals surface area (Å²) in [6, 6.07) is 0.608. The molecule has 0 saturated carbocycles. The Morgan fingerprint density at radius 2 is 2.12 bits per heavy atom. The molecule has 0 bridgehead atoms. The molecule has 1 saturated heterocycles. The molecule has 1 aliphatic rings. The maximum atomic E-state index is 5.70. The highest BCUT2D eigenvalue weighted by atomic mass is 35.5. The van der Waals surface area contributed by atoms with Gasteiger partial charge in [-0.1, -0.05) is 0 Å². The van der Waals surface area contributed by atoms with E-state index in [2.05, 4.69) is 33.9 Å². The molecule has 0 amide bonds. The number of likely N-dealkylation sites (N-methyl/N-ethyl adjacent to an activating group) is 1. The molecule has 1 aromatic heterocycles. The van der Waals surface area contributed by atoms with Crippen LogP contribution in [-0.4, -0.2) is 48.1 Å². The fourth-order valence-electron chi connectivity index (χ4n) is 1.93. The Bertz CT molecular complexity index is 338. The second-order valence-electron chi connectivity index (χ2n) is 4.38. The highest BCUT2D eigenvalue weighted by molar-refractivity contribution is 6.17. The minimum atomic E-state index is 0.473. The molecule has 5 heteroatoms. The van der Waals surface area contributed by atoms with E-state index in [-0.39, 0.29) is 0 Å². The highest BCUT2D eigenvalue weighted by Gasteiger charge is 2.25. The van der Waals surface area contributed by atoms with Gasteiger partial charge in [0.15, 0.2) is 0 Å². The summed E-state index contributed by atoms with van der Waals surface area (Å²) < 4.78 is 0. The number of alkyl halides is 1. The molecule has 1 aliphatic heterocycles. The third-order valence-corrected chi connectivity index (χ3v) is 3.33. The van der Waals surface area contributed by atoms with Crippen molar-refractivity contribution in [3.63, 3.8) is 0 Å². The Morgan fingerprint density at radius 3 is 2.62 bits per heavy atom. The number of rotatable bonds is 3. The molecular weight excluding hydrogens is 224 g/mol. The van der Waals surface area contributed by atoms with Crippen LogP contribution in [0.4, 0.5) is 5.95 Å². The monoisotopic (exact) mass is 240 g/mol. The lowest BCUT2D eigenvalue weighted by Gasteiger charge is -2.20. The molecular formula is C11H17ClN4. The van der Waals surface area contributed by atoms with Gasteiger partial charge in [0, 0.05) is 37.1 Å². The first-order valence-electron chi connectivity index (χ1n) is 5.49. The predicted molar refractivity (Wildman–Crippen MR) is 65.9 cm³/mol.